The van der Waals surface area contributed by atoms with Gasteiger partial charge < -0.3 is 19.6 Å². The van der Waals surface area contributed by atoms with Crippen LogP contribution in [0.3, 0.4) is 0 Å². The van der Waals surface area contributed by atoms with Gasteiger partial charge in [-0.2, -0.15) is 0 Å². The van der Waals surface area contributed by atoms with Crippen LogP contribution in [0.25, 0.3) is 0 Å². The average Bonchev–Trinajstić information content (AvgIpc) is 3.14. The van der Waals surface area contributed by atoms with Gasteiger partial charge in [-0.1, -0.05) is 12.1 Å². The molecule has 1 N–H and O–H groups in total. The van der Waals surface area contributed by atoms with Crippen LogP contribution < -0.4 is 9.64 Å². The molecule has 2 aliphatic rings. The highest BCUT2D eigenvalue weighted by molar-refractivity contribution is 5.87. The summed E-state index contributed by atoms with van der Waals surface area (Å²) in [6.45, 7) is 4.99. The van der Waals surface area contributed by atoms with E-state index in [4.69, 9.17) is 4.74 Å². The van der Waals surface area contributed by atoms with E-state index in [-0.39, 0.29) is 11.8 Å². The predicted molar refractivity (Wildman–Crippen MR) is 99.0 cm³/mol. The number of methoxy groups -OCH3 is 1. The van der Waals surface area contributed by atoms with E-state index in [0.717, 1.165) is 37.4 Å². The fourth-order valence-electron chi connectivity index (χ4n) is 4.20. The largest absolute Gasteiger partial charge is 0.495 e. The minimum absolute atomic E-state index is 0.115. The van der Waals surface area contributed by atoms with Crippen molar-refractivity contribution in [2.75, 3.05) is 44.7 Å². The Hall–Kier alpha value is -2.28. The van der Waals surface area contributed by atoms with Crippen LogP contribution in [0.15, 0.2) is 24.3 Å². The van der Waals surface area contributed by atoms with Crippen molar-refractivity contribution in [2.45, 2.75) is 31.8 Å². The molecule has 2 unspecified atom stereocenters. The summed E-state index contributed by atoms with van der Waals surface area (Å²) in [5.74, 6) is 0.626. The molecule has 1 aromatic carbocycles. The van der Waals surface area contributed by atoms with Crippen LogP contribution in [0.2, 0.25) is 0 Å². The van der Waals surface area contributed by atoms with Crippen molar-refractivity contribution in [3.05, 3.63) is 24.3 Å². The SMILES string of the molecule is COc1ccccc1N1CCN(C(=O)O)C(C(C)=O)C1CN1CCCC1. The maximum atomic E-state index is 12.4. The minimum Gasteiger partial charge on any atom is -0.495 e. The van der Waals surface area contributed by atoms with Gasteiger partial charge in [-0.25, -0.2) is 4.79 Å². The number of hydrogen-bond acceptors (Lipinski definition) is 5. The second-order valence-electron chi connectivity index (χ2n) is 6.97. The van der Waals surface area contributed by atoms with Crippen molar-refractivity contribution in [1.82, 2.24) is 9.80 Å². The molecule has 1 aromatic rings. The molecule has 2 atom stereocenters. The molecule has 0 aromatic heterocycles. The molecule has 2 heterocycles. The maximum Gasteiger partial charge on any atom is 0.408 e. The molecule has 142 valence electrons. The number of carbonyl (C=O) groups excluding carboxylic acids is 1. The van der Waals surface area contributed by atoms with Gasteiger partial charge in [-0.15, -0.1) is 0 Å². The number of carbonyl (C=O) groups is 2. The van der Waals surface area contributed by atoms with E-state index in [9.17, 15) is 14.7 Å². The summed E-state index contributed by atoms with van der Waals surface area (Å²) in [6, 6.07) is 6.82. The van der Waals surface area contributed by atoms with E-state index < -0.39 is 12.1 Å². The van der Waals surface area contributed by atoms with E-state index in [1.54, 1.807) is 7.11 Å². The predicted octanol–water partition coefficient (Wildman–Crippen LogP) is 1.92. The summed E-state index contributed by atoms with van der Waals surface area (Å²) in [4.78, 5) is 30.0. The molecule has 3 rings (SSSR count). The molecule has 7 nitrogen and oxygen atoms in total. The molecule has 2 fully saturated rings. The van der Waals surface area contributed by atoms with Gasteiger partial charge in [-0.05, 0) is 45.0 Å². The van der Waals surface area contributed by atoms with E-state index in [0.29, 0.717) is 19.6 Å². The number of para-hydroxylation sites is 2. The number of hydrogen-bond donors (Lipinski definition) is 1. The second kappa shape index (κ2) is 7.95. The second-order valence-corrected chi connectivity index (χ2v) is 6.97. The van der Waals surface area contributed by atoms with Gasteiger partial charge in [0.25, 0.3) is 0 Å². The number of amides is 1. The van der Waals surface area contributed by atoms with Crippen molar-refractivity contribution in [2.24, 2.45) is 0 Å². The smallest absolute Gasteiger partial charge is 0.408 e. The number of Topliss-reactive ketones (excluding diaryl/α,β-unsaturated/α-hetero) is 1. The number of nitrogens with zero attached hydrogens (tertiary/aromatic N) is 3. The third kappa shape index (κ3) is 3.62. The van der Waals surface area contributed by atoms with Gasteiger partial charge in [0.2, 0.25) is 0 Å². The zero-order chi connectivity index (χ0) is 18.7. The summed E-state index contributed by atoms with van der Waals surface area (Å²) in [6.07, 6.45) is 1.26. The minimum atomic E-state index is -1.03. The van der Waals surface area contributed by atoms with Crippen molar-refractivity contribution < 1.29 is 19.4 Å². The van der Waals surface area contributed by atoms with Gasteiger partial charge in [0.1, 0.15) is 11.8 Å². The highest BCUT2D eigenvalue weighted by Gasteiger charge is 2.43. The number of anilines is 1. The Kier molecular flexibility index (Phi) is 5.66. The van der Waals surface area contributed by atoms with Crippen LogP contribution in [-0.2, 0) is 4.79 Å². The molecule has 0 spiro atoms. The summed E-state index contributed by atoms with van der Waals surface area (Å²) in [5, 5.41) is 9.61. The Morgan fingerprint density at radius 1 is 1.15 bits per heavy atom. The first-order chi connectivity index (χ1) is 12.5. The van der Waals surface area contributed by atoms with E-state index in [2.05, 4.69) is 9.80 Å². The molecule has 7 heteroatoms. The Bertz CT molecular complexity index is 660. The molecule has 26 heavy (non-hydrogen) atoms. The molecule has 2 aliphatic heterocycles. The lowest BCUT2D eigenvalue weighted by molar-refractivity contribution is -0.123. The number of benzene rings is 1. The van der Waals surface area contributed by atoms with Crippen LogP contribution in [0, 0.1) is 0 Å². The van der Waals surface area contributed by atoms with Gasteiger partial charge in [-0.3, -0.25) is 9.69 Å². The first kappa shape index (κ1) is 18.5. The highest BCUT2D eigenvalue weighted by Crippen LogP contribution is 2.33. The van der Waals surface area contributed by atoms with E-state index in [1.807, 2.05) is 24.3 Å². The number of piperazine rings is 1. The first-order valence-corrected chi connectivity index (χ1v) is 9.15. The summed E-state index contributed by atoms with van der Waals surface area (Å²) in [5.41, 5.74) is 0.912. The van der Waals surface area contributed by atoms with E-state index in [1.165, 1.54) is 11.8 Å². The van der Waals surface area contributed by atoms with Crippen molar-refractivity contribution in [3.63, 3.8) is 0 Å². The first-order valence-electron chi connectivity index (χ1n) is 9.15. The summed E-state index contributed by atoms with van der Waals surface area (Å²) < 4.78 is 5.52. The Morgan fingerprint density at radius 2 is 1.85 bits per heavy atom. The van der Waals surface area contributed by atoms with Crippen molar-refractivity contribution in [1.29, 1.82) is 0 Å². The standard InChI is InChI=1S/C19H27N3O4/c1-14(23)18-16(13-20-9-5-6-10-20)21(11-12-22(18)19(24)25)15-7-3-4-8-17(15)26-2/h3-4,7-8,16,18H,5-6,9-13H2,1-2H3,(H,24,25). The molecular formula is C19H27N3O4. The van der Waals surface area contributed by atoms with Crippen LogP contribution in [0.1, 0.15) is 19.8 Å². The number of ketones is 1. The lowest BCUT2D eigenvalue weighted by Crippen LogP contribution is -2.66. The van der Waals surface area contributed by atoms with Crippen LogP contribution in [0.4, 0.5) is 10.5 Å². The summed E-state index contributed by atoms with van der Waals surface area (Å²) >= 11 is 0. The molecular weight excluding hydrogens is 334 g/mol. The van der Waals surface area contributed by atoms with Crippen LogP contribution >= 0.6 is 0 Å². The monoisotopic (exact) mass is 361 g/mol. The molecule has 0 aliphatic carbocycles. The average molecular weight is 361 g/mol. The highest BCUT2D eigenvalue weighted by atomic mass is 16.5. The fraction of sp³-hybridized carbons (Fsp3) is 0.579. The number of carboxylic acid groups (broad SMARTS) is 1. The van der Waals surface area contributed by atoms with E-state index >= 15 is 0 Å². The number of likely N-dealkylation sites (tertiary alicyclic amines) is 1. The van der Waals surface area contributed by atoms with Crippen molar-refractivity contribution in [3.8, 4) is 5.75 Å². The fourth-order valence-corrected chi connectivity index (χ4v) is 4.20. The third-order valence-corrected chi connectivity index (χ3v) is 5.38. The van der Waals surface area contributed by atoms with Crippen molar-refractivity contribution >= 4 is 17.6 Å². The van der Waals surface area contributed by atoms with Gasteiger partial charge in [0.05, 0.1) is 18.8 Å². The maximum absolute atomic E-state index is 12.4. The lowest BCUT2D eigenvalue weighted by atomic mass is 9.96. The molecule has 2 saturated heterocycles. The Morgan fingerprint density at radius 3 is 2.46 bits per heavy atom. The third-order valence-electron chi connectivity index (χ3n) is 5.38. The Balaban J connectivity index is 1.98. The number of rotatable bonds is 5. The van der Waals surface area contributed by atoms with Crippen LogP contribution in [-0.4, -0.2) is 78.7 Å². The van der Waals surface area contributed by atoms with Gasteiger partial charge >= 0.3 is 6.09 Å². The summed E-state index contributed by atoms with van der Waals surface area (Å²) in [7, 11) is 1.63. The Labute approximate surface area is 154 Å². The zero-order valence-electron chi connectivity index (χ0n) is 15.4. The molecule has 0 saturated carbocycles. The van der Waals surface area contributed by atoms with Gasteiger partial charge in [0.15, 0.2) is 5.78 Å². The number of ether oxygens (including phenoxy) is 1. The van der Waals surface area contributed by atoms with Crippen LogP contribution in [0.5, 0.6) is 5.75 Å². The quantitative estimate of drug-likeness (QED) is 0.864. The zero-order valence-corrected chi connectivity index (χ0v) is 15.4. The lowest BCUT2D eigenvalue weighted by Gasteiger charge is -2.48. The molecule has 1 amide bonds. The molecule has 0 radical (unpaired) electrons. The molecule has 0 bridgehead atoms. The normalized spacial score (nSPS) is 23.9. The topological polar surface area (TPSA) is 73.3 Å². The van der Waals surface area contributed by atoms with Gasteiger partial charge in [0, 0.05) is 19.6 Å².